The third kappa shape index (κ3) is 2.51. The number of carbonyl (C=O) groups is 1. The van der Waals surface area contributed by atoms with E-state index in [0.717, 1.165) is 12.1 Å². The molecule has 3 aromatic rings. The monoisotopic (exact) mass is 284 g/mol. The average Bonchev–Trinajstić information content (AvgIpc) is 2.47. The molecule has 0 aliphatic heterocycles. The Labute approximate surface area is 118 Å². The highest BCUT2D eigenvalue weighted by Gasteiger charge is 2.12. The van der Waals surface area contributed by atoms with Gasteiger partial charge in [-0.15, -0.1) is 0 Å². The second-order valence-electron chi connectivity index (χ2n) is 4.24. The van der Waals surface area contributed by atoms with Gasteiger partial charge in [0.15, 0.2) is 0 Å². The van der Waals surface area contributed by atoms with Gasteiger partial charge in [0, 0.05) is 6.07 Å². The number of ether oxygens (including phenoxy) is 1. The number of nitrogens with zero attached hydrogens (tertiary/aromatic N) is 2. The van der Waals surface area contributed by atoms with Gasteiger partial charge in [-0.2, -0.15) is 0 Å². The number of carboxylic acids is 1. The Kier molecular flexibility index (Phi) is 3.19. The zero-order valence-electron chi connectivity index (χ0n) is 10.7. The Morgan fingerprint density at radius 1 is 1.14 bits per heavy atom. The van der Waals surface area contributed by atoms with Crippen LogP contribution in [0.15, 0.2) is 48.8 Å². The topological polar surface area (TPSA) is 72.3 Å². The van der Waals surface area contributed by atoms with Crippen LogP contribution in [0.2, 0.25) is 0 Å². The molecular formula is C15H9FN2O3. The highest BCUT2D eigenvalue weighted by Crippen LogP contribution is 2.27. The molecular weight excluding hydrogens is 275 g/mol. The number of hydrogen-bond acceptors (Lipinski definition) is 4. The van der Waals surface area contributed by atoms with E-state index in [4.69, 9.17) is 9.84 Å². The van der Waals surface area contributed by atoms with Crippen molar-refractivity contribution < 1.29 is 19.0 Å². The first-order valence-corrected chi connectivity index (χ1v) is 6.05. The van der Waals surface area contributed by atoms with Crippen molar-refractivity contribution in [3.05, 3.63) is 60.2 Å². The van der Waals surface area contributed by atoms with Gasteiger partial charge >= 0.3 is 5.97 Å². The minimum atomic E-state index is -1.33. The number of aromatic carboxylic acids is 1. The minimum absolute atomic E-state index is 0.168. The van der Waals surface area contributed by atoms with Gasteiger partial charge in [0.2, 0.25) is 5.88 Å². The second kappa shape index (κ2) is 5.16. The van der Waals surface area contributed by atoms with Crippen LogP contribution in [0.4, 0.5) is 4.39 Å². The molecule has 3 rings (SSSR count). The fourth-order valence-electron chi connectivity index (χ4n) is 1.91. The van der Waals surface area contributed by atoms with Gasteiger partial charge in [0.1, 0.15) is 17.9 Å². The van der Waals surface area contributed by atoms with E-state index in [2.05, 4.69) is 9.97 Å². The van der Waals surface area contributed by atoms with Crippen molar-refractivity contribution in [2.45, 2.75) is 0 Å². The van der Waals surface area contributed by atoms with Crippen molar-refractivity contribution >= 4 is 16.9 Å². The normalized spacial score (nSPS) is 10.5. The summed E-state index contributed by atoms with van der Waals surface area (Å²) in [5.41, 5.74) is 0.292. The predicted octanol–water partition coefficient (Wildman–Crippen LogP) is 3.26. The van der Waals surface area contributed by atoms with Crippen LogP contribution in [0.3, 0.4) is 0 Å². The molecule has 0 saturated carbocycles. The van der Waals surface area contributed by atoms with Gasteiger partial charge in [-0.25, -0.2) is 19.2 Å². The molecule has 0 aliphatic carbocycles. The summed E-state index contributed by atoms with van der Waals surface area (Å²) in [6, 6.07) is 10.8. The van der Waals surface area contributed by atoms with Crippen molar-refractivity contribution in [2.24, 2.45) is 0 Å². The van der Waals surface area contributed by atoms with Crippen LogP contribution in [0.25, 0.3) is 10.9 Å². The molecule has 0 saturated heterocycles. The summed E-state index contributed by atoms with van der Waals surface area (Å²) in [5, 5.41) is 9.47. The first-order valence-electron chi connectivity index (χ1n) is 6.05. The molecule has 0 amide bonds. The standard InChI is InChI=1S/C15H9FN2O3/c16-12-7-9(5-6-10(12)15(19)20)21-14-11-3-1-2-4-13(11)17-8-18-14/h1-8H,(H,19,20). The van der Waals surface area contributed by atoms with Crippen LogP contribution in [0.5, 0.6) is 11.6 Å². The molecule has 6 heteroatoms. The Morgan fingerprint density at radius 3 is 2.71 bits per heavy atom. The highest BCUT2D eigenvalue weighted by molar-refractivity contribution is 5.88. The fourth-order valence-corrected chi connectivity index (χ4v) is 1.91. The van der Waals surface area contributed by atoms with Crippen LogP contribution < -0.4 is 4.74 Å². The van der Waals surface area contributed by atoms with E-state index in [1.54, 1.807) is 12.1 Å². The third-order valence-corrected chi connectivity index (χ3v) is 2.89. The zero-order chi connectivity index (χ0) is 14.8. The van der Waals surface area contributed by atoms with E-state index in [1.165, 1.54) is 12.4 Å². The van der Waals surface area contributed by atoms with Crippen LogP contribution in [-0.2, 0) is 0 Å². The maximum absolute atomic E-state index is 13.6. The van der Waals surface area contributed by atoms with Crippen LogP contribution in [-0.4, -0.2) is 21.0 Å². The predicted molar refractivity (Wildman–Crippen MR) is 73.0 cm³/mol. The molecule has 0 unspecified atom stereocenters. The third-order valence-electron chi connectivity index (χ3n) is 2.89. The van der Waals surface area contributed by atoms with Crippen molar-refractivity contribution in [2.75, 3.05) is 0 Å². The summed E-state index contributed by atoms with van der Waals surface area (Å²) in [4.78, 5) is 18.9. The summed E-state index contributed by atoms with van der Waals surface area (Å²) in [6.07, 6.45) is 1.35. The van der Waals surface area contributed by atoms with E-state index in [-0.39, 0.29) is 11.6 Å². The molecule has 0 bridgehead atoms. The average molecular weight is 284 g/mol. The SMILES string of the molecule is O=C(O)c1ccc(Oc2ncnc3ccccc23)cc1F. The van der Waals surface area contributed by atoms with E-state index in [1.807, 2.05) is 12.1 Å². The fraction of sp³-hybridized carbons (Fsp3) is 0. The van der Waals surface area contributed by atoms with Gasteiger partial charge < -0.3 is 9.84 Å². The number of benzene rings is 2. The number of fused-ring (bicyclic) bond motifs is 1. The van der Waals surface area contributed by atoms with Crippen molar-refractivity contribution in [3.63, 3.8) is 0 Å². The van der Waals surface area contributed by atoms with E-state index in [0.29, 0.717) is 10.9 Å². The first kappa shape index (κ1) is 13.0. The molecule has 1 heterocycles. The molecule has 0 spiro atoms. The molecule has 0 radical (unpaired) electrons. The molecule has 21 heavy (non-hydrogen) atoms. The van der Waals surface area contributed by atoms with Gasteiger partial charge in [-0.3, -0.25) is 0 Å². The number of carboxylic acid groups (broad SMARTS) is 1. The Balaban J connectivity index is 1.99. The lowest BCUT2D eigenvalue weighted by molar-refractivity contribution is 0.0692. The summed E-state index contributed by atoms with van der Waals surface area (Å²) < 4.78 is 19.1. The second-order valence-corrected chi connectivity index (χ2v) is 4.24. The molecule has 5 nitrogen and oxygen atoms in total. The molecule has 1 N–H and O–H groups in total. The maximum Gasteiger partial charge on any atom is 0.338 e. The van der Waals surface area contributed by atoms with Crippen LogP contribution in [0, 0.1) is 5.82 Å². The molecule has 2 aromatic carbocycles. The zero-order valence-corrected chi connectivity index (χ0v) is 10.7. The number of halogens is 1. The van der Waals surface area contributed by atoms with Gasteiger partial charge in [0.05, 0.1) is 16.5 Å². The lowest BCUT2D eigenvalue weighted by Gasteiger charge is -2.07. The number of para-hydroxylation sites is 1. The van der Waals surface area contributed by atoms with Crippen molar-refractivity contribution in [1.82, 2.24) is 9.97 Å². The lowest BCUT2D eigenvalue weighted by atomic mass is 10.2. The highest BCUT2D eigenvalue weighted by atomic mass is 19.1. The summed E-state index contributed by atoms with van der Waals surface area (Å²) in [7, 11) is 0. The van der Waals surface area contributed by atoms with Crippen LogP contribution >= 0.6 is 0 Å². The maximum atomic E-state index is 13.6. The smallest absolute Gasteiger partial charge is 0.338 e. The molecule has 104 valence electrons. The van der Waals surface area contributed by atoms with Gasteiger partial charge in [-0.05, 0) is 24.3 Å². The van der Waals surface area contributed by atoms with Crippen molar-refractivity contribution in [1.29, 1.82) is 0 Å². The number of rotatable bonds is 3. The van der Waals surface area contributed by atoms with Gasteiger partial charge in [-0.1, -0.05) is 12.1 Å². The van der Waals surface area contributed by atoms with E-state index in [9.17, 15) is 9.18 Å². The number of aromatic nitrogens is 2. The van der Waals surface area contributed by atoms with Crippen molar-refractivity contribution in [3.8, 4) is 11.6 Å². The van der Waals surface area contributed by atoms with Gasteiger partial charge in [0.25, 0.3) is 0 Å². The Bertz CT molecular complexity index is 831. The molecule has 0 atom stereocenters. The minimum Gasteiger partial charge on any atom is -0.478 e. The molecule has 1 aromatic heterocycles. The van der Waals surface area contributed by atoms with E-state index < -0.39 is 17.3 Å². The van der Waals surface area contributed by atoms with E-state index >= 15 is 0 Å². The Morgan fingerprint density at radius 2 is 1.95 bits per heavy atom. The quantitative estimate of drug-likeness (QED) is 0.799. The first-order chi connectivity index (χ1) is 10.1. The molecule has 0 fully saturated rings. The van der Waals surface area contributed by atoms with Crippen LogP contribution in [0.1, 0.15) is 10.4 Å². The number of hydrogen-bond donors (Lipinski definition) is 1. The summed E-state index contributed by atoms with van der Waals surface area (Å²) in [5.74, 6) is -1.74. The Hall–Kier alpha value is -3.02. The molecule has 0 aliphatic rings. The largest absolute Gasteiger partial charge is 0.478 e. The summed E-state index contributed by atoms with van der Waals surface area (Å²) in [6.45, 7) is 0. The lowest BCUT2D eigenvalue weighted by Crippen LogP contribution is -2.00. The summed E-state index contributed by atoms with van der Waals surface area (Å²) >= 11 is 0.